The lowest BCUT2D eigenvalue weighted by atomic mass is 9.83. The van der Waals surface area contributed by atoms with Crippen LogP contribution in [0.1, 0.15) is 89.4 Å². The summed E-state index contributed by atoms with van der Waals surface area (Å²) in [4.78, 5) is 14.8. The van der Waals surface area contributed by atoms with E-state index in [4.69, 9.17) is 0 Å². The summed E-state index contributed by atoms with van der Waals surface area (Å²) >= 11 is 0. The van der Waals surface area contributed by atoms with Crippen molar-refractivity contribution in [1.29, 1.82) is 0 Å². The van der Waals surface area contributed by atoms with Crippen molar-refractivity contribution in [1.82, 2.24) is 4.90 Å². The highest BCUT2D eigenvalue weighted by atomic mass is 16.2. The van der Waals surface area contributed by atoms with Gasteiger partial charge in [-0.25, -0.2) is 0 Å². The first kappa shape index (κ1) is 20.7. The van der Waals surface area contributed by atoms with Crippen molar-refractivity contribution in [2.24, 2.45) is 5.92 Å². The standard InChI is InChI=1S/C17H23NO.C3H8.C2H6/c19-17(15-10-5-2-6-11-15)18-13-7-12-16(18)14-8-3-1-4-9-14;1-3-2;1-2/h2,5-6,10-11,14,16H,1,3-4,7-9,12-13H2;3H2,1-2H3;1-2H3. The summed E-state index contributed by atoms with van der Waals surface area (Å²) in [5.74, 6) is 0.998. The van der Waals surface area contributed by atoms with E-state index in [9.17, 15) is 4.79 Å². The second kappa shape index (κ2) is 12.1. The van der Waals surface area contributed by atoms with Crippen molar-refractivity contribution < 1.29 is 4.79 Å². The van der Waals surface area contributed by atoms with E-state index in [-0.39, 0.29) is 5.91 Å². The van der Waals surface area contributed by atoms with E-state index in [1.807, 2.05) is 44.2 Å². The Bertz CT molecular complexity index is 437. The highest BCUT2D eigenvalue weighted by molar-refractivity contribution is 5.94. The van der Waals surface area contributed by atoms with Gasteiger partial charge in [0.25, 0.3) is 5.91 Å². The minimum Gasteiger partial charge on any atom is -0.335 e. The highest BCUT2D eigenvalue weighted by Crippen LogP contribution is 2.34. The average molecular weight is 332 g/mol. The molecule has 1 aliphatic carbocycles. The third kappa shape index (κ3) is 5.96. The Kier molecular flexibility index (Phi) is 10.5. The van der Waals surface area contributed by atoms with Gasteiger partial charge in [-0.15, -0.1) is 0 Å². The minimum atomic E-state index is 0.244. The van der Waals surface area contributed by atoms with Crippen molar-refractivity contribution >= 4 is 5.91 Å². The molecule has 136 valence electrons. The number of hydrogen-bond donors (Lipinski definition) is 0. The monoisotopic (exact) mass is 331 g/mol. The number of amides is 1. The maximum absolute atomic E-state index is 12.6. The molecule has 1 aromatic rings. The van der Waals surface area contributed by atoms with Gasteiger partial charge in [0.2, 0.25) is 0 Å². The molecule has 1 aromatic carbocycles. The summed E-state index contributed by atoms with van der Waals surface area (Å²) in [6.45, 7) is 9.20. The summed E-state index contributed by atoms with van der Waals surface area (Å²) in [7, 11) is 0. The third-order valence-corrected chi connectivity index (χ3v) is 4.77. The van der Waals surface area contributed by atoms with E-state index in [1.54, 1.807) is 0 Å². The third-order valence-electron chi connectivity index (χ3n) is 4.77. The summed E-state index contributed by atoms with van der Waals surface area (Å²) in [6, 6.07) is 10.3. The lowest BCUT2D eigenvalue weighted by Gasteiger charge is -2.34. The molecule has 0 bridgehead atoms. The largest absolute Gasteiger partial charge is 0.335 e. The summed E-state index contributed by atoms with van der Waals surface area (Å²) in [5, 5.41) is 0. The van der Waals surface area contributed by atoms with Crippen molar-refractivity contribution in [2.45, 2.75) is 85.1 Å². The molecule has 24 heavy (non-hydrogen) atoms. The molecule has 2 aliphatic rings. The van der Waals surface area contributed by atoms with Crippen molar-refractivity contribution in [3.05, 3.63) is 35.9 Å². The summed E-state index contributed by atoms with van der Waals surface area (Å²) in [6.07, 6.45) is 10.4. The van der Waals surface area contributed by atoms with Crippen LogP contribution in [0.25, 0.3) is 0 Å². The van der Waals surface area contributed by atoms with E-state index >= 15 is 0 Å². The maximum Gasteiger partial charge on any atom is 0.254 e. The van der Waals surface area contributed by atoms with Gasteiger partial charge in [-0.2, -0.15) is 0 Å². The van der Waals surface area contributed by atoms with Gasteiger partial charge < -0.3 is 4.90 Å². The zero-order chi connectivity index (χ0) is 17.8. The van der Waals surface area contributed by atoms with E-state index in [2.05, 4.69) is 18.7 Å². The predicted molar refractivity (Wildman–Crippen MR) is 104 cm³/mol. The number of benzene rings is 1. The van der Waals surface area contributed by atoms with Crippen LogP contribution in [0.15, 0.2) is 30.3 Å². The quantitative estimate of drug-likeness (QED) is 0.621. The highest BCUT2D eigenvalue weighted by Gasteiger charge is 2.35. The second-order valence-electron chi connectivity index (χ2n) is 6.68. The van der Waals surface area contributed by atoms with Gasteiger partial charge in [0.1, 0.15) is 0 Å². The molecule has 0 radical (unpaired) electrons. The first-order valence-electron chi connectivity index (χ1n) is 10.1. The molecule has 1 saturated heterocycles. The molecule has 1 atom stereocenters. The number of likely N-dealkylation sites (tertiary alicyclic amines) is 1. The Labute approximate surface area is 149 Å². The van der Waals surface area contributed by atoms with Crippen LogP contribution in [0.2, 0.25) is 0 Å². The van der Waals surface area contributed by atoms with Gasteiger partial charge in [-0.05, 0) is 43.7 Å². The molecule has 1 saturated carbocycles. The van der Waals surface area contributed by atoms with Gasteiger partial charge in [0.15, 0.2) is 0 Å². The molecule has 0 N–H and O–H groups in total. The van der Waals surface area contributed by atoms with Crippen LogP contribution in [0, 0.1) is 5.92 Å². The van der Waals surface area contributed by atoms with Gasteiger partial charge in [-0.3, -0.25) is 4.79 Å². The Morgan fingerprint density at radius 2 is 1.54 bits per heavy atom. The normalized spacial score (nSPS) is 20.5. The van der Waals surface area contributed by atoms with Crippen molar-refractivity contribution in [2.75, 3.05) is 6.54 Å². The molecule has 1 aliphatic heterocycles. The summed E-state index contributed by atoms with van der Waals surface area (Å²) in [5.41, 5.74) is 0.852. The Hall–Kier alpha value is -1.31. The van der Waals surface area contributed by atoms with Crippen LogP contribution in [-0.2, 0) is 0 Å². The average Bonchev–Trinajstić information content (AvgIpc) is 3.15. The van der Waals surface area contributed by atoms with Crippen molar-refractivity contribution in [3.63, 3.8) is 0 Å². The molecule has 0 spiro atoms. The maximum atomic E-state index is 12.6. The number of rotatable bonds is 2. The minimum absolute atomic E-state index is 0.244. The van der Waals surface area contributed by atoms with E-state index < -0.39 is 0 Å². The summed E-state index contributed by atoms with van der Waals surface area (Å²) < 4.78 is 0. The van der Waals surface area contributed by atoms with Gasteiger partial charge in [0.05, 0.1) is 0 Å². The lowest BCUT2D eigenvalue weighted by molar-refractivity contribution is 0.0661. The molecule has 1 heterocycles. The van der Waals surface area contributed by atoms with E-state index in [1.165, 1.54) is 51.4 Å². The van der Waals surface area contributed by atoms with Crippen LogP contribution in [0.3, 0.4) is 0 Å². The number of hydrogen-bond acceptors (Lipinski definition) is 1. The van der Waals surface area contributed by atoms with Crippen LogP contribution < -0.4 is 0 Å². The molecule has 2 heteroatoms. The molecule has 0 aromatic heterocycles. The second-order valence-corrected chi connectivity index (χ2v) is 6.68. The number of nitrogens with zero attached hydrogens (tertiary/aromatic N) is 1. The van der Waals surface area contributed by atoms with Gasteiger partial charge >= 0.3 is 0 Å². The molecular weight excluding hydrogens is 294 g/mol. The molecule has 3 rings (SSSR count). The van der Waals surface area contributed by atoms with Crippen LogP contribution >= 0.6 is 0 Å². The predicted octanol–water partition coefficient (Wildman–Crippen LogP) is 6.31. The van der Waals surface area contributed by atoms with Crippen molar-refractivity contribution in [3.8, 4) is 0 Å². The molecule has 2 fully saturated rings. The molecule has 2 nitrogen and oxygen atoms in total. The first-order valence-corrected chi connectivity index (χ1v) is 10.1. The van der Waals surface area contributed by atoms with E-state index in [0.29, 0.717) is 6.04 Å². The molecule has 1 unspecified atom stereocenters. The van der Waals surface area contributed by atoms with Crippen LogP contribution in [0.4, 0.5) is 0 Å². The Balaban J connectivity index is 0.000000521. The first-order chi connectivity index (χ1) is 11.8. The van der Waals surface area contributed by atoms with Gasteiger partial charge in [0, 0.05) is 18.2 Å². The Morgan fingerprint density at radius 3 is 2.12 bits per heavy atom. The fraction of sp³-hybridized carbons (Fsp3) is 0.682. The molecular formula is C22H37NO. The lowest BCUT2D eigenvalue weighted by Crippen LogP contribution is -2.40. The van der Waals surface area contributed by atoms with E-state index in [0.717, 1.165) is 18.0 Å². The number of carbonyl (C=O) groups excluding carboxylic acids is 1. The van der Waals surface area contributed by atoms with Crippen LogP contribution in [0.5, 0.6) is 0 Å². The zero-order valence-corrected chi connectivity index (χ0v) is 16.3. The fourth-order valence-corrected chi connectivity index (χ4v) is 3.80. The Morgan fingerprint density at radius 1 is 0.958 bits per heavy atom. The zero-order valence-electron chi connectivity index (χ0n) is 16.3. The van der Waals surface area contributed by atoms with Crippen LogP contribution in [-0.4, -0.2) is 23.4 Å². The topological polar surface area (TPSA) is 20.3 Å². The van der Waals surface area contributed by atoms with Gasteiger partial charge in [-0.1, -0.05) is 71.6 Å². The molecule has 1 amide bonds. The smallest absolute Gasteiger partial charge is 0.254 e. The SMILES string of the molecule is CC.CCC.O=C(c1ccccc1)N1CCCC1C1CCCCC1. The fourth-order valence-electron chi connectivity index (χ4n) is 3.80. The number of carbonyl (C=O) groups is 1.